The summed E-state index contributed by atoms with van der Waals surface area (Å²) in [5, 5.41) is 5.81. The fourth-order valence-corrected chi connectivity index (χ4v) is 4.04. The van der Waals surface area contributed by atoms with Gasteiger partial charge in [0, 0.05) is 9.35 Å². The fourth-order valence-electron chi connectivity index (χ4n) is 2.34. The first kappa shape index (κ1) is 14.8. The van der Waals surface area contributed by atoms with E-state index >= 15 is 0 Å². The number of nitrogens with one attached hydrogen (secondary N) is 1. The van der Waals surface area contributed by atoms with Crippen molar-refractivity contribution in [1.82, 2.24) is 5.32 Å². The van der Waals surface area contributed by atoms with Crippen molar-refractivity contribution in [2.45, 2.75) is 33.2 Å². The number of hydrogen-bond acceptors (Lipinski definition) is 2. The normalized spacial score (nSPS) is 12.6. The van der Waals surface area contributed by atoms with Crippen LogP contribution in [0.15, 0.2) is 34.1 Å². The summed E-state index contributed by atoms with van der Waals surface area (Å²) in [5.41, 5.74) is 4.01. The van der Waals surface area contributed by atoms with Crippen LogP contribution in [0.2, 0.25) is 0 Å². The van der Waals surface area contributed by atoms with Gasteiger partial charge in [-0.1, -0.05) is 36.2 Å². The molecule has 0 aliphatic rings. The first-order valence-corrected chi connectivity index (χ1v) is 8.33. The average Bonchev–Trinajstić information content (AvgIpc) is 2.75. The van der Waals surface area contributed by atoms with E-state index in [9.17, 15) is 0 Å². The zero-order valence-electron chi connectivity index (χ0n) is 11.7. The molecule has 0 bridgehead atoms. The Balaban J connectivity index is 2.39. The molecule has 1 aromatic heterocycles. The van der Waals surface area contributed by atoms with Crippen LogP contribution in [0.5, 0.6) is 0 Å². The highest BCUT2D eigenvalue weighted by Gasteiger charge is 2.17. The molecule has 1 nitrogen and oxygen atoms in total. The van der Waals surface area contributed by atoms with Crippen LogP contribution in [-0.2, 0) is 0 Å². The van der Waals surface area contributed by atoms with Gasteiger partial charge in [-0.2, -0.15) is 0 Å². The second kappa shape index (κ2) is 6.69. The van der Waals surface area contributed by atoms with Crippen LogP contribution in [0.25, 0.3) is 0 Å². The Kier molecular flexibility index (Phi) is 5.20. The van der Waals surface area contributed by atoms with Gasteiger partial charge in [-0.05, 0) is 59.8 Å². The van der Waals surface area contributed by atoms with Crippen molar-refractivity contribution >= 4 is 27.3 Å². The summed E-state index contributed by atoms with van der Waals surface area (Å²) in [4.78, 5) is 1.36. The van der Waals surface area contributed by atoms with Crippen LogP contribution in [-0.4, -0.2) is 6.54 Å². The number of benzene rings is 1. The number of aryl methyl sites for hydroxylation is 2. The maximum atomic E-state index is 3.66. The van der Waals surface area contributed by atoms with E-state index in [1.165, 1.54) is 26.0 Å². The van der Waals surface area contributed by atoms with Gasteiger partial charge in [0.25, 0.3) is 0 Å². The Bertz CT molecular complexity index is 527. The van der Waals surface area contributed by atoms with Gasteiger partial charge in [0.05, 0.1) is 6.04 Å². The van der Waals surface area contributed by atoms with Crippen LogP contribution in [0.1, 0.15) is 41.0 Å². The molecular formula is C16H20BrNS. The number of halogens is 1. The molecule has 0 fully saturated rings. The third-order valence-corrected chi connectivity index (χ3v) is 5.02. The molecule has 1 N–H and O–H groups in total. The molecule has 0 saturated heterocycles. The van der Waals surface area contributed by atoms with E-state index in [4.69, 9.17) is 0 Å². The number of hydrogen-bond donors (Lipinski definition) is 1. The zero-order chi connectivity index (χ0) is 13.8. The molecule has 0 aliphatic carbocycles. The predicted octanol–water partition coefficient (Wildman–Crippen LogP) is 5.22. The Morgan fingerprint density at radius 3 is 2.42 bits per heavy atom. The van der Waals surface area contributed by atoms with Gasteiger partial charge >= 0.3 is 0 Å². The van der Waals surface area contributed by atoms with Gasteiger partial charge < -0.3 is 5.32 Å². The maximum absolute atomic E-state index is 3.66. The molecule has 102 valence electrons. The molecule has 3 heteroatoms. The standard InChI is InChI=1S/C16H20BrNS/c1-4-6-18-15(16-14(17)5-7-19-16)13-9-11(2)8-12(3)10-13/h5,7-10,15,18H,4,6H2,1-3H3. The lowest BCUT2D eigenvalue weighted by atomic mass is 10.00. The van der Waals surface area contributed by atoms with Gasteiger partial charge in [0.2, 0.25) is 0 Å². The van der Waals surface area contributed by atoms with Crippen molar-refractivity contribution in [3.8, 4) is 0 Å². The second-order valence-electron chi connectivity index (χ2n) is 4.94. The summed E-state index contributed by atoms with van der Waals surface area (Å²) in [6.07, 6.45) is 1.14. The van der Waals surface area contributed by atoms with E-state index in [2.05, 4.69) is 71.7 Å². The molecule has 2 rings (SSSR count). The first-order valence-electron chi connectivity index (χ1n) is 6.66. The highest BCUT2D eigenvalue weighted by molar-refractivity contribution is 9.10. The SMILES string of the molecule is CCCNC(c1cc(C)cc(C)c1)c1sccc1Br. The molecule has 19 heavy (non-hydrogen) atoms. The lowest BCUT2D eigenvalue weighted by Crippen LogP contribution is -2.22. The Morgan fingerprint density at radius 1 is 1.21 bits per heavy atom. The van der Waals surface area contributed by atoms with E-state index in [-0.39, 0.29) is 6.04 Å². The van der Waals surface area contributed by atoms with Crippen molar-refractivity contribution in [3.63, 3.8) is 0 Å². The van der Waals surface area contributed by atoms with Crippen molar-refractivity contribution < 1.29 is 0 Å². The molecule has 1 atom stereocenters. The Hall–Kier alpha value is -0.640. The van der Waals surface area contributed by atoms with Gasteiger partial charge in [-0.25, -0.2) is 0 Å². The Morgan fingerprint density at radius 2 is 1.89 bits per heavy atom. The minimum atomic E-state index is 0.285. The van der Waals surface area contributed by atoms with E-state index in [1.54, 1.807) is 11.3 Å². The predicted molar refractivity (Wildman–Crippen MR) is 88.1 cm³/mol. The van der Waals surface area contributed by atoms with Crippen LogP contribution in [0, 0.1) is 13.8 Å². The molecule has 2 aromatic rings. The summed E-state index contributed by atoms with van der Waals surface area (Å²) >= 11 is 5.47. The van der Waals surface area contributed by atoms with E-state index in [1.807, 2.05) is 0 Å². The van der Waals surface area contributed by atoms with Crippen LogP contribution in [0.3, 0.4) is 0 Å². The molecule has 0 amide bonds. The topological polar surface area (TPSA) is 12.0 Å². The maximum Gasteiger partial charge on any atom is 0.0682 e. The molecule has 0 saturated carbocycles. The van der Waals surface area contributed by atoms with Gasteiger partial charge in [0.15, 0.2) is 0 Å². The molecule has 1 unspecified atom stereocenters. The van der Waals surface area contributed by atoms with E-state index in [0.717, 1.165) is 13.0 Å². The molecule has 0 aliphatic heterocycles. The summed E-state index contributed by atoms with van der Waals surface area (Å²) < 4.78 is 1.20. The monoisotopic (exact) mass is 337 g/mol. The average molecular weight is 338 g/mol. The van der Waals surface area contributed by atoms with Crippen LogP contribution < -0.4 is 5.32 Å². The highest BCUT2D eigenvalue weighted by Crippen LogP contribution is 2.33. The number of rotatable bonds is 5. The van der Waals surface area contributed by atoms with E-state index in [0.29, 0.717) is 0 Å². The van der Waals surface area contributed by atoms with Crippen molar-refractivity contribution in [2.75, 3.05) is 6.54 Å². The zero-order valence-corrected chi connectivity index (χ0v) is 14.1. The largest absolute Gasteiger partial charge is 0.306 e. The minimum absolute atomic E-state index is 0.285. The van der Waals surface area contributed by atoms with Crippen molar-refractivity contribution in [1.29, 1.82) is 0 Å². The van der Waals surface area contributed by atoms with E-state index < -0.39 is 0 Å². The molecule has 1 aromatic carbocycles. The first-order chi connectivity index (χ1) is 9.11. The lowest BCUT2D eigenvalue weighted by molar-refractivity contribution is 0.604. The lowest BCUT2D eigenvalue weighted by Gasteiger charge is -2.19. The summed E-state index contributed by atoms with van der Waals surface area (Å²) in [6, 6.07) is 9.21. The smallest absolute Gasteiger partial charge is 0.0682 e. The van der Waals surface area contributed by atoms with Gasteiger partial charge in [0.1, 0.15) is 0 Å². The quantitative estimate of drug-likeness (QED) is 0.788. The van der Waals surface area contributed by atoms with Crippen LogP contribution >= 0.6 is 27.3 Å². The fraction of sp³-hybridized carbons (Fsp3) is 0.375. The molecular weight excluding hydrogens is 318 g/mol. The third kappa shape index (κ3) is 3.68. The summed E-state index contributed by atoms with van der Waals surface area (Å²) in [6.45, 7) is 7.56. The summed E-state index contributed by atoms with van der Waals surface area (Å²) in [5.74, 6) is 0. The number of thiophene rings is 1. The second-order valence-corrected chi connectivity index (χ2v) is 6.74. The molecule has 0 radical (unpaired) electrons. The van der Waals surface area contributed by atoms with Crippen LogP contribution in [0.4, 0.5) is 0 Å². The summed E-state index contributed by atoms with van der Waals surface area (Å²) in [7, 11) is 0. The molecule has 0 spiro atoms. The van der Waals surface area contributed by atoms with Gasteiger partial charge in [-0.3, -0.25) is 0 Å². The third-order valence-electron chi connectivity index (χ3n) is 3.08. The molecule has 1 heterocycles. The minimum Gasteiger partial charge on any atom is -0.306 e. The van der Waals surface area contributed by atoms with Crippen molar-refractivity contribution in [3.05, 3.63) is 55.7 Å². The van der Waals surface area contributed by atoms with Gasteiger partial charge in [-0.15, -0.1) is 11.3 Å². The Labute approximate surface area is 128 Å². The van der Waals surface area contributed by atoms with Crippen molar-refractivity contribution in [2.24, 2.45) is 0 Å². The highest BCUT2D eigenvalue weighted by atomic mass is 79.9.